The van der Waals surface area contributed by atoms with E-state index in [-0.39, 0.29) is 52.0 Å². The maximum absolute atomic E-state index is 16.4. The average Bonchev–Trinajstić information content (AvgIpc) is 3.84. The largest absolute Gasteiger partial charge is 0.352 e. The van der Waals surface area contributed by atoms with Crippen LogP contribution in [-0.4, -0.2) is 97.9 Å². The number of piperidine rings is 1. The highest BCUT2D eigenvalue weighted by Crippen LogP contribution is 2.64. The molecule has 5 fully saturated rings. The average molecular weight is 943 g/mol. The number of pyridine rings is 1. The van der Waals surface area contributed by atoms with Gasteiger partial charge >= 0.3 is 5.69 Å². The van der Waals surface area contributed by atoms with Crippen LogP contribution in [0.2, 0.25) is 10.2 Å². The zero-order valence-corrected chi connectivity index (χ0v) is 39.2. The highest BCUT2D eigenvalue weighted by Gasteiger charge is 2.73. The number of hydrogen-bond donors (Lipinski definition) is 4. The van der Waals surface area contributed by atoms with Gasteiger partial charge in [-0.2, -0.15) is 0 Å². The third-order valence-corrected chi connectivity index (χ3v) is 16.7. The molecule has 2 aliphatic carbocycles. The number of piperazine rings is 1. The summed E-state index contributed by atoms with van der Waals surface area (Å²) in [5.41, 5.74) is 1.63. The Morgan fingerprint density at radius 1 is 0.879 bits per heavy atom. The van der Waals surface area contributed by atoms with Gasteiger partial charge in [0.1, 0.15) is 11.5 Å². The van der Waals surface area contributed by atoms with E-state index in [1.165, 1.54) is 10.8 Å². The number of benzene rings is 2. The van der Waals surface area contributed by atoms with Gasteiger partial charge in [0.25, 0.3) is 0 Å². The summed E-state index contributed by atoms with van der Waals surface area (Å²) in [7, 11) is 1.72. The number of nitrogens with zero attached hydrogens (tertiary/aromatic N) is 5. The minimum atomic E-state index is -1.32. The molecule has 4 atom stereocenters. The molecule has 3 saturated heterocycles. The summed E-state index contributed by atoms with van der Waals surface area (Å²) in [6.07, 6.45) is 8.43. The topological polar surface area (TPSA) is 163 Å². The number of hydrogen-bond acceptors (Lipinski definition) is 9. The van der Waals surface area contributed by atoms with E-state index in [2.05, 4.69) is 49.9 Å². The molecule has 6 heterocycles. The van der Waals surface area contributed by atoms with Gasteiger partial charge in [-0.1, -0.05) is 49.2 Å². The highest BCUT2D eigenvalue weighted by molar-refractivity contribution is 6.31. The number of fused-ring (bicyclic) bond motifs is 4. The van der Waals surface area contributed by atoms with Crippen molar-refractivity contribution >= 4 is 63.6 Å². The molecule has 2 spiro atoms. The number of imide groups is 1. The number of halogens is 3. The van der Waals surface area contributed by atoms with Crippen molar-refractivity contribution < 1.29 is 23.6 Å². The number of carbonyl (C=O) groups is 4. The van der Waals surface area contributed by atoms with Crippen LogP contribution in [0.15, 0.2) is 53.5 Å². The number of nitrogens with one attached hydrogen (secondary N) is 4. The lowest BCUT2D eigenvalue weighted by Crippen LogP contribution is -2.61. The molecule has 1 unspecified atom stereocenters. The van der Waals surface area contributed by atoms with Crippen LogP contribution in [0.3, 0.4) is 0 Å². The number of imidazole rings is 1. The van der Waals surface area contributed by atoms with Crippen molar-refractivity contribution in [2.75, 3.05) is 38.0 Å². The Morgan fingerprint density at radius 2 is 1.61 bits per heavy atom. The molecule has 17 heteroatoms. The molecule has 10 rings (SSSR count). The van der Waals surface area contributed by atoms with Crippen LogP contribution in [0.5, 0.6) is 0 Å². The molecule has 4 N–H and O–H groups in total. The molecule has 4 amide bonds. The second-order valence-electron chi connectivity index (χ2n) is 20.6. The first-order valence-corrected chi connectivity index (χ1v) is 24.3. The Bertz CT molecular complexity index is 2680. The lowest BCUT2D eigenvalue weighted by atomic mass is 9.53. The molecule has 0 bridgehead atoms. The molecule has 2 saturated carbocycles. The summed E-state index contributed by atoms with van der Waals surface area (Å²) in [5.74, 6) is -2.40. The summed E-state index contributed by atoms with van der Waals surface area (Å²) in [5, 5.41) is 12.8. The molecule has 6 aliphatic rings. The number of anilines is 1. The van der Waals surface area contributed by atoms with E-state index in [1.54, 1.807) is 29.8 Å². The van der Waals surface area contributed by atoms with Gasteiger partial charge in [0.2, 0.25) is 23.6 Å². The molecule has 2 aromatic carbocycles. The van der Waals surface area contributed by atoms with Gasteiger partial charge in [0.05, 0.1) is 17.1 Å². The fraction of sp³-hybridized carbons (Fsp3) is 0.551. The first-order valence-electron chi connectivity index (χ1n) is 23.6. The first kappa shape index (κ1) is 45.1. The normalized spacial score (nSPS) is 28.8. The predicted molar refractivity (Wildman–Crippen MR) is 250 cm³/mol. The van der Waals surface area contributed by atoms with E-state index < -0.39 is 40.7 Å². The molecule has 14 nitrogen and oxygen atoms in total. The zero-order chi connectivity index (χ0) is 46.3. The van der Waals surface area contributed by atoms with Crippen LogP contribution in [-0.2, 0) is 38.2 Å². The molecule has 4 aliphatic heterocycles. The molecular weight excluding hydrogens is 885 g/mol. The van der Waals surface area contributed by atoms with Crippen LogP contribution in [0.25, 0.3) is 11.0 Å². The van der Waals surface area contributed by atoms with Crippen LogP contribution < -0.4 is 27.0 Å². The number of rotatable bonds is 8. The van der Waals surface area contributed by atoms with E-state index in [9.17, 15) is 24.0 Å². The van der Waals surface area contributed by atoms with Gasteiger partial charge in [0, 0.05) is 87.1 Å². The maximum atomic E-state index is 16.4. The third-order valence-electron chi connectivity index (χ3n) is 16.2. The Morgan fingerprint density at radius 3 is 2.33 bits per heavy atom. The van der Waals surface area contributed by atoms with E-state index in [1.807, 2.05) is 24.3 Å². The van der Waals surface area contributed by atoms with Gasteiger partial charge in [-0.15, -0.1) is 0 Å². The van der Waals surface area contributed by atoms with E-state index in [4.69, 9.17) is 23.2 Å². The van der Waals surface area contributed by atoms with Gasteiger partial charge in [-0.25, -0.2) is 14.2 Å². The molecule has 4 aromatic rings. The minimum Gasteiger partial charge on any atom is -0.352 e. The number of aryl methyl sites for hydroxylation is 1. The second kappa shape index (κ2) is 17.1. The van der Waals surface area contributed by atoms with E-state index >= 15 is 4.39 Å². The number of carbonyl (C=O) groups excluding carboxylic acids is 4. The zero-order valence-electron chi connectivity index (χ0n) is 37.7. The van der Waals surface area contributed by atoms with Crippen LogP contribution in [0.4, 0.5) is 10.1 Å². The number of aromatic nitrogens is 3. The highest BCUT2D eigenvalue weighted by atomic mass is 35.5. The maximum Gasteiger partial charge on any atom is 0.329 e. The standard InChI is InChI=1S/C49H58Cl2FN9O5/c1-47(2)15-17-48(18-16-47)49(33-10-7-30(50)25-34(33)55-45(49)65)39(32-14-19-53-42(51)40(32)52)41(57-48)44(64)54-31-8-4-28(5-9-31)26-59-20-22-60(23-21-59)27-29-6-11-35-37(24-29)58(3)46(66)61(35)36-12-13-38(62)56-43(36)63/h6-7,10-11,14,19,24-25,28,31,36,39,41,57H,4-5,8-9,12-13,15-18,20-23,26-27H2,1-3H3,(H,54,64)(H,55,65)(H,56,62,63)/t28-,31-,36?,39-,41+,49+/m0/s1. The quantitative estimate of drug-likeness (QED) is 0.124. The van der Waals surface area contributed by atoms with Crippen molar-refractivity contribution in [2.45, 2.75) is 120 Å². The third kappa shape index (κ3) is 7.66. The number of amides is 4. The fourth-order valence-corrected chi connectivity index (χ4v) is 12.9. The molecule has 0 radical (unpaired) electrons. The van der Waals surface area contributed by atoms with Crippen molar-refractivity contribution in [1.29, 1.82) is 0 Å². The van der Waals surface area contributed by atoms with Gasteiger partial charge in [0.15, 0.2) is 11.0 Å². The van der Waals surface area contributed by atoms with Crippen molar-refractivity contribution in [2.24, 2.45) is 18.4 Å². The lowest BCUT2D eigenvalue weighted by molar-refractivity contribution is -0.136. The Balaban J connectivity index is 0.788. The monoisotopic (exact) mass is 941 g/mol. The van der Waals surface area contributed by atoms with Crippen molar-refractivity contribution in [1.82, 2.24) is 39.9 Å². The minimum absolute atomic E-state index is 0.0374. The van der Waals surface area contributed by atoms with E-state index in [0.717, 1.165) is 88.9 Å². The Labute approximate surface area is 393 Å². The first-order chi connectivity index (χ1) is 31.6. The van der Waals surface area contributed by atoms with Crippen molar-refractivity contribution in [3.05, 3.63) is 91.8 Å². The summed E-state index contributed by atoms with van der Waals surface area (Å²) in [6, 6.07) is 11.2. The SMILES string of the molecule is Cn1c(=O)n(C2CCC(=O)NC2=O)c2ccc(CN3CCN(C[C@H]4CC[C@H](NC(=O)[C@@H]5NC6(CCC(C)(C)CC6)[C@@]6(C(=O)Nc7cc(Cl)ccc76)[C@H]5c5ccnc(Cl)c5F)CC4)CC3)cc21. The molecule has 350 valence electrons. The van der Waals surface area contributed by atoms with Crippen LogP contribution in [0.1, 0.15) is 107 Å². The summed E-state index contributed by atoms with van der Waals surface area (Å²) in [6.45, 7) is 9.90. The Kier molecular flexibility index (Phi) is 11.7. The Hall–Kier alpha value is -4.67. The van der Waals surface area contributed by atoms with Gasteiger partial charge in [-0.05, 0) is 116 Å². The smallest absolute Gasteiger partial charge is 0.329 e. The van der Waals surface area contributed by atoms with Gasteiger partial charge < -0.3 is 15.5 Å². The molecule has 66 heavy (non-hydrogen) atoms. The van der Waals surface area contributed by atoms with Gasteiger partial charge in [-0.3, -0.25) is 43.8 Å². The van der Waals surface area contributed by atoms with Crippen molar-refractivity contribution in [3.63, 3.8) is 0 Å². The predicted octanol–water partition coefficient (Wildman–Crippen LogP) is 5.94. The van der Waals surface area contributed by atoms with Crippen LogP contribution in [0, 0.1) is 17.2 Å². The van der Waals surface area contributed by atoms with Crippen molar-refractivity contribution in [3.8, 4) is 0 Å². The molecular formula is C49H58Cl2FN9O5. The fourth-order valence-electron chi connectivity index (χ4n) is 12.6. The lowest BCUT2D eigenvalue weighted by Gasteiger charge is -2.50. The summed E-state index contributed by atoms with van der Waals surface area (Å²) in [4.78, 5) is 76.3. The summed E-state index contributed by atoms with van der Waals surface area (Å²) >= 11 is 12.8. The summed E-state index contributed by atoms with van der Waals surface area (Å²) < 4.78 is 19.5. The second-order valence-corrected chi connectivity index (χ2v) is 21.4. The van der Waals surface area contributed by atoms with Crippen LogP contribution >= 0.6 is 23.2 Å². The van der Waals surface area contributed by atoms with E-state index in [0.29, 0.717) is 47.0 Å². The molecule has 2 aromatic heterocycles.